The highest BCUT2D eigenvalue weighted by Gasteiger charge is 2.14. The third kappa shape index (κ3) is 4.37. The summed E-state index contributed by atoms with van der Waals surface area (Å²) in [5.74, 6) is -0.150. The van der Waals surface area contributed by atoms with E-state index in [4.69, 9.17) is 0 Å². The fourth-order valence-corrected chi connectivity index (χ4v) is 3.03. The lowest BCUT2D eigenvalue weighted by Crippen LogP contribution is -2.19. The van der Waals surface area contributed by atoms with Crippen molar-refractivity contribution < 1.29 is 4.39 Å². The molecular formula is C22H19BrFN. The van der Waals surface area contributed by atoms with Gasteiger partial charge in [0.25, 0.3) is 0 Å². The topological polar surface area (TPSA) is 3.24 Å². The quantitative estimate of drug-likeness (QED) is 0.488. The molecule has 0 aliphatic heterocycles. The molecule has 3 aromatic carbocycles. The number of halogens is 2. The Kier molecular flexibility index (Phi) is 5.67. The normalized spacial score (nSPS) is 10.4. The number of hydrogen-bond acceptors (Lipinski definition) is 1. The molecule has 0 saturated heterocycles. The molecule has 25 heavy (non-hydrogen) atoms. The van der Waals surface area contributed by atoms with Gasteiger partial charge in [0.05, 0.1) is 6.54 Å². The molecule has 1 nitrogen and oxygen atoms in total. The molecule has 3 rings (SSSR count). The average Bonchev–Trinajstić information content (AvgIpc) is 2.64. The number of rotatable bonds is 5. The molecule has 0 spiro atoms. The van der Waals surface area contributed by atoms with Crippen LogP contribution in [0.1, 0.15) is 11.1 Å². The van der Waals surface area contributed by atoms with Gasteiger partial charge in [-0.3, -0.25) is 0 Å². The predicted octanol–water partition coefficient (Wildman–Crippen LogP) is 6.31. The van der Waals surface area contributed by atoms with Crippen LogP contribution in [0.3, 0.4) is 0 Å². The van der Waals surface area contributed by atoms with E-state index in [1.54, 1.807) is 0 Å². The first kappa shape index (κ1) is 17.4. The van der Waals surface area contributed by atoms with Crippen molar-refractivity contribution in [1.82, 2.24) is 0 Å². The Morgan fingerprint density at radius 2 is 1.28 bits per heavy atom. The maximum atomic E-state index is 15.3. The van der Waals surface area contributed by atoms with Gasteiger partial charge in [-0.1, -0.05) is 76.6 Å². The van der Waals surface area contributed by atoms with Gasteiger partial charge in [0.15, 0.2) is 0 Å². The fraction of sp³-hybridized carbons (Fsp3) is 0.0909. The molecule has 3 heteroatoms. The van der Waals surface area contributed by atoms with E-state index in [-0.39, 0.29) is 12.4 Å². The van der Waals surface area contributed by atoms with Gasteiger partial charge >= 0.3 is 0 Å². The maximum absolute atomic E-state index is 15.3. The lowest BCUT2D eigenvalue weighted by molar-refractivity contribution is 0.614. The fourth-order valence-electron chi connectivity index (χ4n) is 2.76. The van der Waals surface area contributed by atoms with Gasteiger partial charge in [0, 0.05) is 22.8 Å². The minimum Gasteiger partial charge on any atom is -0.368 e. The standard InChI is InChI=1S/C22H19BrFN/c1-25(20-14-12-19(23)13-15-20)16-21(24)22(17-8-4-2-5-9-17)18-10-6-3-7-11-18/h2-15H,16H2,1H3. The van der Waals surface area contributed by atoms with Crippen molar-refractivity contribution in [1.29, 1.82) is 0 Å². The first-order valence-electron chi connectivity index (χ1n) is 8.11. The summed E-state index contributed by atoms with van der Waals surface area (Å²) in [6, 6.07) is 27.3. The third-order valence-electron chi connectivity index (χ3n) is 4.04. The number of anilines is 1. The number of nitrogens with zero attached hydrogens (tertiary/aromatic N) is 1. The van der Waals surface area contributed by atoms with Crippen molar-refractivity contribution in [2.45, 2.75) is 0 Å². The van der Waals surface area contributed by atoms with Crippen molar-refractivity contribution in [3.05, 3.63) is 106 Å². The minimum absolute atomic E-state index is 0.150. The monoisotopic (exact) mass is 395 g/mol. The van der Waals surface area contributed by atoms with Crippen molar-refractivity contribution in [2.24, 2.45) is 0 Å². The van der Waals surface area contributed by atoms with Crippen molar-refractivity contribution in [3.63, 3.8) is 0 Å². The molecule has 0 amide bonds. The van der Waals surface area contributed by atoms with E-state index in [1.165, 1.54) is 0 Å². The van der Waals surface area contributed by atoms with Crippen molar-refractivity contribution in [3.8, 4) is 0 Å². The van der Waals surface area contributed by atoms with E-state index in [0.717, 1.165) is 21.3 Å². The zero-order valence-corrected chi connectivity index (χ0v) is 15.6. The van der Waals surface area contributed by atoms with E-state index in [9.17, 15) is 0 Å². The Labute approximate surface area is 156 Å². The van der Waals surface area contributed by atoms with Gasteiger partial charge in [-0.05, 0) is 35.4 Å². The lowest BCUT2D eigenvalue weighted by atomic mass is 9.97. The van der Waals surface area contributed by atoms with Gasteiger partial charge in [-0.15, -0.1) is 0 Å². The van der Waals surface area contributed by atoms with Crippen LogP contribution in [0.2, 0.25) is 0 Å². The SMILES string of the molecule is CN(CC(F)=C(c1ccccc1)c1ccccc1)c1ccc(Br)cc1. The summed E-state index contributed by atoms with van der Waals surface area (Å²) in [7, 11) is 1.90. The molecule has 0 aliphatic carbocycles. The summed E-state index contributed by atoms with van der Waals surface area (Å²) in [4.78, 5) is 1.91. The minimum atomic E-state index is -0.150. The first-order chi connectivity index (χ1) is 12.1. The van der Waals surface area contributed by atoms with Crippen molar-refractivity contribution >= 4 is 27.2 Å². The predicted molar refractivity (Wildman–Crippen MR) is 107 cm³/mol. The van der Waals surface area contributed by atoms with Crippen LogP contribution in [0, 0.1) is 0 Å². The van der Waals surface area contributed by atoms with Crippen LogP contribution in [-0.2, 0) is 0 Å². The highest BCUT2D eigenvalue weighted by atomic mass is 79.9. The summed E-state index contributed by atoms with van der Waals surface area (Å²) < 4.78 is 16.3. The second kappa shape index (κ2) is 8.13. The van der Waals surface area contributed by atoms with Gasteiger partial charge in [0.1, 0.15) is 5.83 Å². The average molecular weight is 396 g/mol. The Morgan fingerprint density at radius 3 is 1.76 bits per heavy atom. The molecule has 0 N–H and O–H groups in total. The molecule has 0 heterocycles. The molecule has 0 radical (unpaired) electrons. The summed E-state index contributed by atoms with van der Waals surface area (Å²) in [5.41, 5.74) is 3.38. The third-order valence-corrected chi connectivity index (χ3v) is 4.57. The van der Waals surface area contributed by atoms with Crippen LogP contribution in [0.4, 0.5) is 10.1 Å². The van der Waals surface area contributed by atoms with Crippen LogP contribution in [0.25, 0.3) is 5.57 Å². The Morgan fingerprint density at radius 1 is 0.800 bits per heavy atom. The summed E-state index contributed by atoms with van der Waals surface area (Å²) in [5, 5.41) is 0. The number of likely N-dealkylation sites (N-methyl/N-ethyl adjacent to an activating group) is 1. The second-order valence-corrected chi connectivity index (χ2v) is 6.76. The van der Waals surface area contributed by atoms with Gasteiger partial charge < -0.3 is 4.90 Å². The Hall–Kier alpha value is -2.39. The zero-order valence-electron chi connectivity index (χ0n) is 14.0. The highest BCUT2D eigenvalue weighted by molar-refractivity contribution is 9.10. The van der Waals surface area contributed by atoms with Gasteiger partial charge in [-0.2, -0.15) is 0 Å². The Balaban J connectivity index is 1.97. The van der Waals surface area contributed by atoms with E-state index in [1.807, 2.05) is 96.9 Å². The van der Waals surface area contributed by atoms with Crippen LogP contribution in [-0.4, -0.2) is 13.6 Å². The summed E-state index contributed by atoms with van der Waals surface area (Å²) in [6.07, 6.45) is 0. The van der Waals surface area contributed by atoms with Gasteiger partial charge in [-0.25, -0.2) is 4.39 Å². The van der Waals surface area contributed by atoms with Crippen LogP contribution in [0.5, 0.6) is 0 Å². The van der Waals surface area contributed by atoms with E-state index < -0.39 is 0 Å². The molecule has 0 atom stereocenters. The molecule has 0 aliphatic rings. The molecule has 0 bridgehead atoms. The largest absolute Gasteiger partial charge is 0.368 e. The zero-order chi connectivity index (χ0) is 17.6. The van der Waals surface area contributed by atoms with Crippen LogP contribution in [0.15, 0.2) is 95.2 Å². The molecule has 0 saturated carbocycles. The molecular weight excluding hydrogens is 377 g/mol. The summed E-state index contributed by atoms with van der Waals surface area (Å²) in [6.45, 7) is 0.209. The molecule has 126 valence electrons. The number of benzene rings is 3. The van der Waals surface area contributed by atoms with Gasteiger partial charge in [0.2, 0.25) is 0 Å². The van der Waals surface area contributed by atoms with E-state index in [0.29, 0.717) is 5.57 Å². The summed E-state index contributed by atoms with van der Waals surface area (Å²) >= 11 is 3.43. The Bertz CT molecular complexity index is 801. The second-order valence-electron chi connectivity index (χ2n) is 5.84. The first-order valence-corrected chi connectivity index (χ1v) is 8.90. The maximum Gasteiger partial charge on any atom is 0.128 e. The van der Waals surface area contributed by atoms with E-state index in [2.05, 4.69) is 15.9 Å². The van der Waals surface area contributed by atoms with Crippen LogP contribution < -0.4 is 4.90 Å². The molecule has 0 unspecified atom stereocenters. The lowest BCUT2D eigenvalue weighted by Gasteiger charge is -2.20. The highest BCUT2D eigenvalue weighted by Crippen LogP contribution is 2.29. The molecule has 0 aromatic heterocycles. The van der Waals surface area contributed by atoms with Crippen LogP contribution >= 0.6 is 15.9 Å². The number of hydrogen-bond donors (Lipinski definition) is 0. The van der Waals surface area contributed by atoms with E-state index >= 15 is 4.39 Å². The smallest absolute Gasteiger partial charge is 0.128 e. The van der Waals surface area contributed by atoms with Crippen molar-refractivity contribution in [2.75, 3.05) is 18.5 Å². The molecule has 0 fully saturated rings. The molecule has 3 aromatic rings.